The molecule has 0 spiro atoms. The average molecular weight is 340 g/mol. The van der Waals surface area contributed by atoms with E-state index < -0.39 is 0 Å². The van der Waals surface area contributed by atoms with Crippen LogP contribution in [0.5, 0.6) is 0 Å². The molecule has 0 aliphatic carbocycles. The summed E-state index contributed by atoms with van der Waals surface area (Å²) in [5, 5.41) is 5.66. The first-order valence-corrected chi connectivity index (χ1v) is 8.35. The highest BCUT2D eigenvalue weighted by Gasteiger charge is 2.21. The Morgan fingerprint density at radius 3 is 1.92 bits per heavy atom. The molecule has 0 atom stereocenters. The van der Waals surface area contributed by atoms with Gasteiger partial charge >= 0.3 is 0 Å². The fraction of sp³-hybridized carbons (Fsp3) is 0.300. The molecular weight excluding hydrogens is 316 g/mol. The molecule has 5 heteroatoms. The maximum atomic E-state index is 12.7. The van der Waals surface area contributed by atoms with Gasteiger partial charge in [0.05, 0.1) is 12.5 Å². The van der Waals surface area contributed by atoms with Gasteiger partial charge in [0.15, 0.2) is 0 Å². The molecule has 0 aromatic heterocycles. The molecule has 0 aliphatic heterocycles. The number of nitrogens with one attached hydrogen (secondary N) is 2. The van der Waals surface area contributed by atoms with Crippen molar-refractivity contribution in [3.05, 3.63) is 71.8 Å². The number of carbonyl (C=O) groups excluding carboxylic acids is 2. The molecule has 0 aliphatic rings. The first kappa shape index (κ1) is 18.7. The average Bonchev–Trinajstić information content (AvgIpc) is 2.65. The highest BCUT2D eigenvalue weighted by Crippen LogP contribution is 2.24. The Labute approximate surface area is 148 Å². The van der Waals surface area contributed by atoms with Crippen molar-refractivity contribution in [3.63, 3.8) is 0 Å². The molecule has 2 aromatic rings. The van der Waals surface area contributed by atoms with Crippen LogP contribution in [0.4, 0.5) is 0 Å². The van der Waals surface area contributed by atoms with Crippen LogP contribution in [-0.2, 0) is 14.3 Å². The van der Waals surface area contributed by atoms with Crippen molar-refractivity contribution in [2.45, 2.75) is 12.3 Å². The maximum absolute atomic E-state index is 12.7. The zero-order valence-corrected chi connectivity index (χ0v) is 14.4. The van der Waals surface area contributed by atoms with Gasteiger partial charge in [-0.05, 0) is 11.1 Å². The van der Waals surface area contributed by atoms with E-state index in [4.69, 9.17) is 4.74 Å². The second kappa shape index (κ2) is 10.3. The Morgan fingerprint density at radius 1 is 0.880 bits per heavy atom. The zero-order chi connectivity index (χ0) is 17.9. The number of hydrogen-bond donors (Lipinski definition) is 2. The van der Waals surface area contributed by atoms with E-state index in [-0.39, 0.29) is 17.7 Å². The number of amides is 2. The molecule has 2 amide bonds. The van der Waals surface area contributed by atoms with Crippen molar-refractivity contribution in [1.29, 1.82) is 0 Å². The molecule has 0 saturated heterocycles. The van der Waals surface area contributed by atoms with Crippen LogP contribution >= 0.6 is 0 Å². The van der Waals surface area contributed by atoms with Gasteiger partial charge in [0.25, 0.3) is 0 Å². The van der Waals surface area contributed by atoms with Crippen LogP contribution < -0.4 is 10.6 Å². The third-order valence-electron chi connectivity index (χ3n) is 3.81. The van der Waals surface area contributed by atoms with Crippen molar-refractivity contribution < 1.29 is 14.3 Å². The van der Waals surface area contributed by atoms with Gasteiger partial charge in [-0.15, -0.1) is 0 Å². The van der Waals surface area contributed by atoms with Crippen LogP contribution in [0.25, 0.3) is 0 Å². The molecule has 0 heterocycles. The standard InChI is InChI=1S/C20H24N2O3/c1-25-15-12-18(23)21-13-14-22-20(24)19(16-8-4-2-5-9-16)17-10-6-3-7-11-17/h2-11,19H,12-15H2,1H3,(H,21,23)(H,22,24). The van der Waals surface area contributed by atoms with E-state index in [1.165, 1.54) is 0 Å². The largest absolute Gasteiger partial charge is 0.384 e. The summed E-state index contributed by atoms with van der Waals surface area (Å²) in [4.78, 5) is 24.2. The second-order valence-corrected chi connectivity index (χ2v) is 5.64. The van der Waals surface area contributed by atoms with Crippen LogP contribution in [0.2, 0.25) is 0 Å². The third kappa shape index (κ3) is 6.04. The van der Waals surface area contributed by atoms with Crippen molar-refractivity contribution in [2.24, 2.45) is 0 Å². The van der Waals surface area contributed by atoms with E-state index in [2.05, 4.69) is 10.6 Å². The van der Waals surface area contributed by atoms with E-state index in [1.54, 1.807) is 7.11 Å². The lowest BCUT2D eigenvalue weighted by Gasteiger charge is -2.18. The van der Waals surface area contributed by atoms with Gasteiger partial charge < -0.3 is 15.4 Å². The number of carbonyl (C=O) groups is 2. The zero-order valence-electron chi connectivity index (χ0n) is 14.4. The number of ether oxygens (including phenoxy) is 1. The summed E-state index contributed by atoms with van der Waals surface area (Å²) < 4.78 is 4.86. The molecule has 0 fully saturated rings. The topological polar surface area (TPSA) is 67.4 Å². The van der Waals surface area contributed by atoms with E-state index >= 15 is 0 Å². The Bertz CT molecular complexity index is 620. The Balaban J connectivity index is 1.94. The molecule has 5 nitrogen and oxygen atoms in total. The molecule has 0 saturated carbocycles. The Kier molecular flexibility index (Phi) is 7.66. The van der Waals surface area contributed by atoms with Gasteiger partial charge in [0.1, 0.15) is 0 Å². The fourth-order valence-electron chi connectivity index (χ4n) is 2.56. The number of rotatable bonds is 9. The van der Waals surface area contributed by atoms with Crippen LogP contribution in [0.1, 0.15) is 23.5 Å². The highest BCUT2D eigenvalue weighted by molar-refractivity contribution is 5.87. The minimum atomic E-state index is -0.369. The predicted molar refractivity (Wildman–Crippen MR) is 97.2 cm³/mol. The summed E-state index contributed by atoms with van der Waals surface area (Å²) in [6.45, 7) is 1.17. The van der Waals surface area contributed by atoms with E-state index in [0.29, 0.717) is 26.1 Å². The summed E-state index contributed by atoms with van der Waals surface area (Å²) in [6.07, 6.45) is 0.321. The summed E-state index contributed by atoms with van der Waals surface area (Å²) in [5.41, 5.74) is 1.88. The molecule has 132 valence electrons. The van der Waals surface area contributed by atoms with Crippen LogP contribution in [0.3, 0.4) is 0 Å². The number of benzene rings is 2. The Morgan fingerprint density at radius 2 is 1.40 bits per heavy atom. The van der Waals surface area contributed by atoms with Crippen molar-refractivity contribution in [3.8, 4) is 0 Å². The van der Waals surface area contributed by atoms with Crippen molar-refractivity contribution >= 4 is 11.8 Å². The molecule has 2 rings (SSSR count). The number of hydrogen-bond acceptors (Lipinski definition) is 3. The minimum absolute atomic E-state index is 0.0801. The van der Waals surface area contributed by atoms with Gasteiger partial charge in [-0.2, -0.15) is 0 Å². The van der Waals surface area contributed by atoms with Gasteiger partial charge in [-0.25, -0.2) is 0 Å². The SMILES string of the molecule is COCCC(=O)NCCNC(=O)C(c1ccccc1)c1ccccc1. The van der Waals surface area contributed by atoms with Crippen molar-refractivity contribution in [1.82, 2.24) is 10.6 Å². The van der Waals surface area contributed by atoms with E-state index in [1.807, 2.05) is 60.7 Å². The monoisotopic (exact) mass is 340 g/mol. The predicted octanol–water partition coefficient (Wildman–Crippen LogP) is 2.09. The molecule has 2 aromatic carbocycles. The number of methoxy groups -OCH3 is 1. The highest BCUT2D eigenvalue weighted by atomic mass is 16.5. The first-order valence-electron chi connectivity index (χ1n) is 8.35. The first-order chi connectivity index (χ1) is 12.2. The summed E-state index contributed by atoms with van der Waals surface area (Å²) in [6, 6.07) is 19.4. The van der Waals surface area contributed by atoms with Crippen LogP contribution in [0.15, 0.2) is 60.7 Å². The lowest BCUT2D eigenvalue weighted by molar-refractivity contribution is -0.123. The van der Waals surface area contributed by atoms with Gasteiger partial charge in [0, 0.05) is 26.6 Å². The van der Waals surface area contributed by atoms with Crippen molar-refractivity contribution in [2.75, 3.05) is 26.8 Å². The normalized spacial score (nSPS) is 10.5. The summed E-state index contributed by atoms with van der Waals surface area (Å²) >= 11 is 0. The molecule has 0 unspecified atom stereocenters. The molecule has 2 N–H and O–H groups in total. The molecular formula is C20H24N2O3. The van der Waals surface area contributed by atoms with Gasteiger partial charge in [0.2, 0.25) is 11.8 Å². The third-order valence-corrected chi connectivity index (χ3v) is 3.81. The summed E-state index contributed by atoms with van der Waals surface area (Å²) in [5.74, 6) is -0.533. The second-order valence-electron chi connectivity index (χ2n) is 5.64. The molecule has 0 bridgehead atoms. The lowest BCUT2D eigenvalue weighted by atomic mass is 9.90. The van der Waals surface area contributed by atoms with Crippen LogP contribution in [0, 0.1) is 0 Å². The molecule has 25 heavy (non-hydrogen) atoms. The Hall–Kier alpha value is -2.66. The smallest absolute Gasteiger partial charge is 0.232 e. The van der Waals surface area contributed by atoms with E-state index in [9.17, 15) is 9.59 Å². The quantitative estimate of drug-likeness (QED) is 0.687. The van der Waals surface area contributed by atoms with Gasteiger partial charge in [-0.1, -0.05) is 60.7 Å². The molecule has 0 radical (unpaired) electrons. The summed E-state index contributed by atoms with van der Waals surface area (Å²) in [7, 11) is 1.56. The van der Waals surface area contributed by atoms with Gasteiger partial charge in [-0.3, -0.25) is 9.59 Å². The van der Waals surface area contributed by atoms with E-state index in [0.717, 1.165) is 11.1 Å². The van der Waals surface area contributed by atoms with Crippen LogP contribution in [-0.4, -0.2) is 38.6 Å². The minimum Gasteiger partial charge on any atom is -0.384 e. The fourth-order valence-corrected chi connectivity index (χ4v) is 2.56. The maximum Gasteiger partial charge on any atom is 0.232 e. The lowest BCUT2D eigenvalue weighted by Crippen LogP contribution is -2.37.